The van der Waals surface area contributed by atoms with Crippen molar-refractivity contribution in [1.29, 1.82) is 0 Å². The smallest absolute Gasteiger partial charge is 0.247 e. The third-order valence-corrected chi connectivity index (χ3v) is 4.73. The van der Waals surface area contributed by atoms with Gasteiger partial charge in [0.15, 0.2) is 0 Å². The van der Waals surface area contributed by atoms with Gasteiger partial charge in [0.1, 0.15) is 0 Å². The highest BCUT2D eigenvalue weighted by Gasteiger charge is 2.22. The normalized spacial score (nSPS) is 15.0. The molecule has 1 aromatic rings. The maximum atomic E-state index is 12.4. The van der Waals surface area contributed by atoms with Gasteiger partial charge in [0.05, 0.1) is 0 Å². The van der Waals surface area contributed by atoms with Crippen LogP contribution in [0.25, 0.3) is 0 Å². The van der Waals surface area contributed by atoms with Gasteiger partial charge >= 0.3 is 0 Å². The summed E-state index contributed by atoms with van der Waals surface area (Å²) in [5.74, 6) is 0.688. The summed E-state index contributed by atoms with van der Waals surface area (Å²) in [6.45, 7) is 5.96. The van der Waals surface area contributed by atoms with Crippen molar-refractivity contribution in [3.8, 4) is 0 Å². The van der Waals surface area contributed by atoms with Crippen molar-refractivity contribution >= 4 is 17.5 Å². The summed E-state index contributed by atoms with van der Waals surface area (Å²) < 4.78 is 5.13. The second-order valence-corrected chi connectivity index (χ2v) is 6.50. The molecule has 0 radical (unpaired) electrons. The maximum absolute atomic E-state index is 12.4. The van der Waals surface area contributed by atoms with Crippen molar-refractivity contribution < 1.29 is 14.3 Å². The summed E-state index contributed by atoms with van der Waals surface area (Å²) in [7, 11) is 1.73. The zero-order valence-corrected chi connectivity index (χ0v) is 15.0. The average molecular weight is 344 g/mol. The van der Waals surface area contributed by atoms with Gasteiger partial charge in [0, 0.05) is 38.9 Å². The number of aryl methyl sites for hydroxylation is 1. The van der Waals surface area contributed by atoms with Gasteiger partial charge in [-0.05, 0) is 55.4 Å². The Morgan fingerprint density at radius 3 is 2.56 bits per heavy atom. The molecule has 2 rings (SSSR count). The average Bonchev–Trinajstić information content (AvgIpc) is 2.65. The van der Waals surface area contributed by atoms with E-state index in [9.17, 15) is 9.59 Å². The summed E-state index contributed by atoms with van der Waals surface area (Å²) in [4.78, 5) is 25.6. The molecule has 2 amide bonds. The molecule has 136 valence electrons. The Kier molecular flexibility index (Phi) is 7.67. The van der Waals surface area contributed by atoms with E-state index in [-0.39, 0.29) is 11.8 Å². The lowest BCUT2D eigenvalue weighted by molar-refractivity contribution is -0.132. The minimum atomic E-state index is -0.225. The molecule has 0 spiro atoms. The molecule has 1 heterocycles. The highest BCUT2D eigenvalue weighted by Crippen LogP contribution is 2.21. The van der Waals surface area contributed by atoms with Gasteiger partial charge in [-0.2, -0.15) is 0 Å². The molecule has 0 bridgehead atoms. The van der Waals surface area contributed by atoms with Crippen LogP contribution in [-0.2, 0) is 20.7 Å². The number of amides is 2. The van der Waals surface area contributed by atoms with E-state index >= 15 is 0 Å². The molecular formula is C20H28N2O3. The van der Waals surface area contributed by atoms with Gasteiger partial charge < -0.3 is 15.0 Å². The van der Waals surface area contributed by atoms with Crippen LogP contribution in [0.2, 0.25) is 0 Å². The van der Waals surface area contributed by atoms with Gasteiger partial charge in [-0.3, -0.25) is 9.59 Å². The maximum Gasteiger partial charge on any atom is 0.247 e. The molecule has 0 aliphatic carbocycles. The first-order chi connectivity index (χ1) is 12.1. The number of benzene rings is 1. The molecule has 25 heavy (non-hydrogen) atoms. The van der Waals surface area contributed by atoms with Crippen molar-refractivity contribution in [2.24, 2.45) is 5.92 Å². The number of anilines is 1. The first-order valence-electron chi connectivity index (χ1n) is 8.91. The fourth-order valence-corrected chi connectivity index (χ4v) is 3.11. The van der Waals surface area contributed by atoms with Gasteiger partial charge in [0.25, 0.3) is 0 Å². The van der Waals surface area contributed by atoms with E-state index in [1.54, 1.807) is 7.11 Å². The molecule has 0 aromatic heterocycles. The Labute approximate surface area is 150 Å². The van der Waals surface area contributed by atoms with E-state index in [1.165, 1.54) is 6.08 Å². The quantitative estimate of drug-likeness (QED) is 0.738. The molecule has 0 saturated carbocycles. The lowest BCUT2D eigenvalue weighted by Gasteiger charge is -2.32. The predicted molar refractivity (Wildman–Crippen MR) is 99.4 cm³/mol. The molecule has 1 aliphatic rings. The number of nitrogens with zero attached hydrogens (tertiary/aromatic N) is 1. The van der Waals surface area contributed by atoms with Crippen molar-refractivity contribution in [2.45, 2.75) is 32.1 Å². The monoisotopic (exact) mass is 344 g/mol. The van der Waals surface area contributed by atoms with E-state index < -0.39 is 0 Å². The summed E-state index contributed by atoms with van der Waals surface area (Å²) in [6.07, 6.45) is 5.73. The second kappa shape index (κ2) is 9.99. The topological polar surface area (TPSA) is 58.6 Å². The first kappa shape index (κ1) is 19.2. The van der Waals surface area contributed by atoms with Crippen molar-refractivity contribution in [3.63, 3.8) is 0 Å². The van der Waals surface area contributed by atoms with E-state index in [4.69, 9.17) is 4.74 Å². The van der Waals surface area contributed by atoms with Crippen molar-refractivity contribution in [1.82, 2.24) is 4.90 Å². The molecular weight excluding hydrogens is 316 g/mol. The molecule has 1 saturated heterocycles. The summed E-state index contributed by atoms with van der Waals surface area (Å²) in [5.41, 5.74) is 1.83. The SMILES string of the molecule is C=CC(=O)Nc1ccc(CCC(=O)N2CCC(CCOC)CC2)cc1. The predicted octanol–water partition coefficient (Wildman–Crippen LogP) is 3.02. The van der Waals surface area contributed by atoms with E-state index in [0.29, 0.717) is 12.3 Å². The Morgan fingerprint density at radius 1 is 1.28 bits per heavy atom. The lowest BCUT2D eigenvalue weighted by Crippen LogP contribution is -2.38. The van der Waals surface area contributed by atoms with E-state index in [2.05, 4.69) is 11.9 Å². The Balaban J connectivity index is 1.73. The molecule has 5 heteroatoms. The van der Waals surface area contributed by atoms with Crippen molar-refractivity contribution in [2.75, 3.05) is 32.1 Å². The van der Waals surface area contributed by atoms with Crippen molar-refractivity contribution in [3.05, 3.63) is 42.5 Å². The van der Waals surface area contributed by atoms with Gasteiger partial charge in [-0.15, -0.1) is 0 Å². The second-order valence-electron chi connectivity index (χ2n) is 6.50. The molecule has 5 nitrogen and oxygen atoms in total. The standard InChI is InChI=1S/C20H28N2O3/c1-3-19(23)21-18-7-4-16(5-8-18)6-9-20(24)22-13-10-17(11-14-22)12-15-25-2/h3-5,7-8,17H,1,6,9-15H2,2H3,(H,21,23). The van der Waals surface area contributed by atoms with Crippen LogP contribution in [0.1, 0.15) is 31.2 Å². The summed E-state index contributed by atoms with van der Waals surface area (Å²) >= 11 is 0. The van der Waals surface area contributed by atoms with Crippen LogP contribution in [-0.4, -0.2) is 43.5 Å². The zero-order chi connectivity index (χ0) is 18.1. The number of likely N-dealkylation sites (tertiary alicyclic amines) is 1. The molecule has 1 aliphatic heterocycles. The number of methoxy groups -OCH3 is 1. The third-order valence-electron chi connectivity index (χ3n) is 4.73. The first-order valence-corrected chi connectivity index (χ1v) is 8.91. The fourth-order valence-electron chi connectivity index (χ4n) is 3.11. The van der Waals surface area contributed by atoms with Crippen LogP contribution in [0.5, 0.6) is 0 Å². The van der Waals surface area contributed by atoms with Crippen LogP contribution >= 0.6 is 0 Å². The van der Waals surface area contributed by atoms with Crippen LogP contribution < -0.4 is 5.32 Å². The Morgan fingerprint density at radius 2 is 1.96 bits per heavy atom. The minimum absolute atomic E-state index is 0.225. The summed E-state index contributed by atoms with van der Waals surface area (Å²) in [5, 5.41) is 2.71. The number of rotatable bonds is 8. The molecule has 0 atom stereocenters. The number of carbonyl (C=O) groups is 2. The lowest BCUT2D eigenvalue weighted by atomic mass is 9.93. The molecule has 1 aromatic carbocycles. The minimum Gasteiger partial charge on any atom is -0.385 e. The van der Waals surface area contributed by atoms with Crippen LogP contribution in [0.3, 0.4) is 0 Å². The Bertz CT molecular complexity index is 575. The summed E-state index contributed by atoms with van der Waals surface area (Å²) in [6, 6.07) is 7.59. The largest absolute Gasteiger partial charge is 0.385 e. The molecule has 1 N–H and O–H groups in total. The zero-order valence-electron chi connectivity index (χ0n) is 15.0. The van der Waals surface area contributed by atoms with Crippen LogP contribution in [0.4, 0.5) is 5.69 Å². The number of hydrogen-bond donors (Lipinski definition) is 1. The van der Waals surface area contributed by atoms with Crippen LogP contribution in [0, 0.1) is 5.92 Å². The van der Waals surface area contributed by atoms with E-state index in [0.717, 1.165) is 56.6 Å². The van der Waals surface area contributed by atoms with Crippen LogP contribution in [0.15, 0.2) is 36.9 Å². The number of nitrogens with one attached hydrogen (secondary N) is 1. The van der Waals surface area contributed by atoms with Gasteiger partial charge in [-0.25, -0.2) is 0 Å². The van der Waals surface area contributed by atoms with E-state index in [1.807, 2.05) is 29.2 Å². The number of carbonyl (C=O) groups excluding carboxylic acids is 2. The fraction of sp³-hybridized carbons (Fsp3) is 0.500. The number of piperidine rings is 1. The highest BCUT2D eigenvalue weighted by molar-refractivity contribution is 5.98. The Hall–Kier alpha value is -2.14. The highest BCUT2D eigenvalue weighted by atomic mass is 16.5. The van der Waals surface area contributed by atoms with Gasteiger partial charge in [0.2, 0.25) is 11.8 Å². The number of ether oxygens (including phenoxy) is 1. The number of hydrogen-bond acceptors (Lipinski definition) is 3. The molecule has 0 unspecified atom stereocenters. The van der Waals surface area contributed by atoms with Gasteiger partial charge in [-0.1, -0.05) is 18.7 Å². The molecule has 1 fully saturated rings. The third kappa shape index (κ3) is 6.35.